The predicted molar refractivity (Wildman–Crippen MR) is 60.1 cm³/mol. The monoisotopic (exact) mass is 228 g/mol. The fourth-order valence-corrected chi connectivity index (χ4v) is 1.89. The Bertz CT molecular complexity index is 325. The number of hydrogen-bond acceptors (Lipinski definition) is 4. The maximum Gasteiger partial charge on any atom is 0.263 e. The lowest BCUT2D eigenvalue weighted by molar-refractivity contribution is 0.0914. The Hall–Kier alpha value is -0.940. The topological polar surface area (TPSA) is 62.2 Å². The third kappa shape index (κ3) is 3.97. The first-order valence-corrected chi connectivity index (χ1v) is 5.83. The molecular formula is C10H16N2O2S. The van der Waals surface area contributed by atoms with Gasteiger partial charge in [0.05, 0.1) is 17.3 Å². The lowest BCUT2D eigenvalue weighted by Gasteiger charge is -2.09. The van der Waals surface area contributed by atoms with Crippen LogP contribution in [0.3, 0.4) is 0 Å². The van der Waals surface area contributed by atoms with Gasteiger partial charge in [0.15, 0.2) is 0 Å². The van der Waals surface area contributed by atoms with Gasteiger partial charge < -0.3 is 10.4 Å². The summed E-state index contributed by atoms with van der Waals surface area (Å²) < 4.78 is 0. The van der Waals surface area contributed by atoms with Crippen molar-refractivity contribution in [3.05, 3.63) is 16.1 Å². The van der Waals surface area contributed by atoms with E-state index in [1.807, 2.05) is 13.8 Å². The SMILES string of the molecule is CCCC(O)CNC(=O)c1cnc(C)s1. The molecule has 2 N–H and O–H groups in total. The van der Waals surface area contributed by atoms with Crippen LogP contribution in [-0.2, 0) is 0 Å². The molecule has 0 aliphatic carbocycles. The molecule has 1 atom stereocenters. The highest BCUT2D eigenvalue weighted by atomic mass is 32.1. The van der Waals surface area contributed by atoms with E-state index in [2.05, 4.69) is 10.3 Å². The largest absolute Gasteiger partial charge is 0.391 e. The van der Waals surface area contributed by atoms with Gasteiger partial charge in [-0.1, -0.05) is 13.3 Å². The molecule has 0 fully saturated rings. The third-order valence-corrected chi connectivity index (χ3v) is 2.88. The average Bonchev–Trinajstić information content (AvgIpc) is 2.62. The summed E-state index contributed by atoms with van der Waals surface area (Å²) in [4.78, 5) is 16.1. The molecule has 15 heavy (non-hydrogen) atoms. The Kier molecular flexibility index (Phi) is 4.71. The fourth-order valence-electron chi connectivity index (χ4n) is 1.20. The van der Waals surface area contributed by atoms with Crippen LogP contribution in [0.1, 0.15) is 34.4 Å². The van der Waals surface area contributed by atoms with Crippen molar-refractivity contribution >= 4 is 17.2 Å². The quantitative estimate of drug-likeness (QED) is 0.799. The molecule has 0 aliphatic rings. The maximum absolute atomic E-state index is 11.5. The smallest absolute Gasteiger partial charge is 0.263 e. The highest BCUT2D eigenvalue weighted by molar-refractivity contribution is 7.13. The van der Waals surface area contributed by atoms with Gasteiger partial charge in [-0.15, -0.1) is 11.3 Å². The molecule has 84 valence electrons. The van der Waals surface area contributed by atoms with Crippen molar-refractivity contribution in [2.45, 2.75) is 32.8 Å². The van der Waals surface area contributed by atoms with Gasteiger partial charge in [-0.3, -0.25) is 4.79 Å². The van der Waals surface area contributed by atoms with Crippen LogP contribution in [0.4, 0.5) is 0 Å². The summed E-state index contributed by atoms with van der Waals surface area (Å²) in [6.07, 6.45) is 2.73. The van der Waals surface area contributed by atoms with Gasteiger partial charge >= 0.3 is 0 Å². The molecule has 1 unspecified atom stereocenters. The number of thiazole rings is 1. The van der Waals surface area contributed by atoms with E-state index < -0.39 is 6.10 Å². The number of amides is 1. The zero-order chi connectivity index (χ0) is 11.3. The molecule has 0 saturated carbocycles. The highest BCUT2D eigenvalue weighted by Crippen LogP contribution is 2.10. The average molecular weight is 228 g/mol. The maximum atomic E-state index is 11.5. The number of rotatable bonds is 5. The van der Waals surface area contributed by atoms with E-state index in [1.54, 1.807) is 6.20 Å². The van der Waals surface area contributed by atoms with Crippen LogP contribution in [0.2, 0.25) is 0 Å². The van der Waals surface area contributed by atoms with E-state index >= 15 is 0 Å². The first-order valence-electron chi connectivity index (χ1n) is 5.02. The molecule has 0 aliphatic heterocycles. The Morgan fingerprint density at radius 2 is 2.47 bits per heavy atom. The summed E-state index contributed by atoms with van der Waals surface area (Å²) in [5.74, 6) is -0.157. The molecule has 4 nitrogen and oxygen atoms in total. The molecule has 0 spiro atoms. The van der Waals surface area contributed by atoms with E-state index in [1.165, 1.54) is 11.3 Å². The minimum Gasteiger partial charge on any atom is -0.391 e. The molecule has 1 rings (SSSR count). The molecule has 0 aromatic carbocycles. The van der Waals surface area contributed by atoms with E-state index in [9.17, 15) is 9.90 Å². The summed E-state index contributed by atoms with van der Waals surface area (Å²) in [5, 5.41) is 13.0. The second-order valence-corrected chi connectivity index (χ2v) is 4.63. The molecule has 0 bridgehead atoms. The van der Waals surface area contributed by atoms with E-state index in [4.69, 9.17) is 0 Å². The Balaban J connectivity index is 2.36. The van der Waals surface area contributed by atoms with Crippen LogP contribution in [0.5, 0.6) is 0 Å². The van der Waals surface area contributed by atoms with Crippen molar-refractivity contribution in [3.63, 3.8) is 0 Å². The van der Waals surface area contributed by atoms with Gasteiger partial charge in [0, 0.05) is 6.54 Å². The van der Waals surface area contributed by atoms with E-state index in [-0.39, 0.29) is 5.91 Å². The number of carbonyl (C=O) groups excluding carboxylic acids is 1. The minimum atomic E-state index is -0.451. The van der Waals surface area contributed by atoms with Crippen LogP contribution >= 0.6 is 11.3 Å². The number of aryl methyl sites for hydroxylation is 1. The van der Waals surface area contributed by atoms with Crippen molar-refractivity contribution in [1.29, 1.82) is 0 Å². The van der Waals surface area contributed by atoms with Crippen LogP contribution in [0.15, 0.2) is 6.20 Å². The summed E-state index contributed by atoms with van der Waals surface area (Å²) in [6.45, 7) is 4.16. The number of aliphatic hydroxyl groups excluding tert-OH is 1. The standard InChI is InChI=1S/C10H16N2O2S/c1-3-4-8(13)5-12-10(14)9-6-11-7(2)15-9/h6,8,13H,3-5H2,1-2H3,(H,12,14). The number of aromatic nitrogens is 1. The third-order valence-electron chi connectivity index (χ3n) is 1.97. The summed E-state index contributed by atoms with van der Waals surface area (Å²) in [7, 11) is 0. The number of aliphatic hydroxyl groups is 1. The van der Waals surface area contributed by atoms with Gasteiger partial charge in [-0.2, -0.15) is 0 Å². The predicted octanol–water partition coefficient (Wildman–Crippen LogP) is 1.34. The molecule has 1 amide bonds. The van der Waals surface area contributed by atoms with Crippen molar-refractivity contribution in [2.24, 2.45) is 0 Å². The first kappa shape index (κ1) is 12.1. The van der Waals surface area contributed by atoms with Crippen molar-refractivity contribution in [1.82, 2.24) is 10.3 Å². The highest BCUT2D eigenvalue weighted by Gasteiger charge is 2.10. The zero-order valence-electron chi connectivity index (χ0n) is 8.99. The molecule has 1 heterocycles. The van der Waals surface area contributed by atoms with Crippen molar-refractivity contribution in [2.75, 3.05) is 6.54 Å². The van der Waals surface area contributed by atoms with Gasteiger partial charge in [-0.05, 0) is 13.3 Å². The van der Waals surface area contributed by atoms with Gasteiger partial charge in [-0.25, -0.2) is 4.98 Å². The van der Waals surface area contributed by atoms with Gasteiger partial charge in [0.2, 0.25) is 0 Å². The second kappa shape index (κ2) is 5.82. The first-order chi connectivity index (χ1) is 7.13. The zero-order valence-corrected chi connectivity index (χ0v) is 9.80. The minimum absolute atomic E-state index is 0.157. The molecule has 1 aromatic rings. The molecule has 0 radical (unpaired) electrons. The van der Waals surface area contributed by atoms with Gasteiger partial charge in [0.1, 0.15) is 4.88 Å². The van der Waals surface area contributed by atoms with E-state index in [0.29, 0.717) is 17.8 Å². The molecule has 1 aromatic heterocycles. The Labute approximate surface area is 93.4 Å². The van der Waals surface area contributed by atoms with Crippen molar-refractivity contribution in [3.8, 4) is 0 Å². The number of nitrogens with one attached hydrogen (secondary N) is 1. The lowest BCUT2D eigenvalue weighted by Crippen LogP contribution is -2.31. The summed E-state index contributed by atoms with van der Waals surface area (Å²) in [6, 6.07) is 0. The number of nitrogens with zero attached hydrogens (tertiary/aromatic N) is 1. The van der Waals surface area contributed by atoms with Gasteiger partial charge in [0.25, 0.3) is 5.91 Å². The number of carbonyl (C=O) groups is 1. The fraction of sp³-hybridized carbons (Fsp3) is 0.600. The molecular weight excluding hydrogens is 212 g/mol. The summed E-state index contributed by atoms with van der Waals surface area (Å²) >= 11 is 1.36. The Morgan fingerprint density at radius 3 is 3.00 bits per heavy atom. The number of hydrogen-bond donors (Lipinski definition) is 2. The van der Waals surface area contributed by atoms with Crippen LogP contribution in [-0.4, -0.2) is 28.6 Å². The molecule has 5 heteroatoms. The Morgan fingerprint density at radius 1 is 1.73 bits per heavy atom. The van der Waals surface area contributed by atoms with E-state index in [0.717, 1.165) is 11.4 Å². The van der Waals surface area contributed by atoms with Crippen molar-refractivity contribution < 1.29 is 9.90 Å². The second-order valence-electron chi connectivity index (χ2n) is 3.40. The lowest BCUT2D eigenvalue weighted by atomic mass is 10.2. The normalized spacial score (nSPS) is 12.5. The van der Waals surface area contributed by atoms with Crippen LogP contribution in [0, 0.1) is 6.92 Å². The summed E-state index contributed by atoms with van der Waals surface area (Å²) in [5.41, 5.74) is 0. The van der Waals surface area contributed by atoms with Crippen LogP contribution < -0.4 is 5.32 Å². The van der Waals surface area contributed by atoms with Crippen LogP contribution in [0.25, 0.3) is 0 Å². The molecule has 0 saturated heterocycles.